The van der Waals surface area contributed by atoms with Crippen molar-refractivity contribution in [1.82, 2.24) is 15.5 Å². The highest BCUT2D eigenvalue weighted by atomic mass is 16.2. The lowest BCUT2D eigenvalue weighted by Crippen LogP contribution is -2.43. The maximum absolute atomic E-state index is 12.9. The molecule has 0 radical (unpaired) electrons. The van der Waals surface area contributed by atoms with Crippen LogP contribution in [0.4, 0.5) is 4.79 Å². The van der Waals surface area contributed by atoms with Gasteiger partial charge in [-0.1, -0.05) is 53.6 Å². The molecule has 1 atom stereocenters. The van der Waals surface area contributed by atoms with Crippen molar-refractivity contribution in [3.8, 4) is 0 Å². The first-order chi connectivity index (χ1) is 13.2. The molecular weight excluding hydrogens is 354 g/mol. The van der Waals surface area contributed by atoms with E-state index in [9.17, 15) is 14.4 Å². The third kappa shape index (κ3) is 3.76. The molecule has 4 amide bonds. The first kappa shape index (κ1) is 19.6. The smallest absolute Gasteiger partial charge is 0.325 e. The van der Waals surface area contributed by atoms with E-state index in [2.05, 4.69) is 10.6 Å². The van der Waals surface area contributed by atoms with Gasteiger partial charge in [-0.2, -0.15) is 0 Å². The van der Waals surface area contributed by atoms with Gasteiger partial charge in [0, 0.05) is 6.54 Å². The van der Waals surface area contributed by atoms with E-state index in [4.69, 9.17) is 0 Å². The molecular formula is C22H25N3O3. The SMILES string of the molecule is Cc1ccc(C2(C)NC(=O)N(CC(=O)NCc3ccc(C)cc3C)C2=O)cc1. The number of amides is 4. The summed E-state index contributed by atoms with van der Waals surface area (Å²) in [7, 11) is 0. The summed E-state index contributed by atoms with van der Waals surface area (Å²) in [5.41, 5.74) is 3.82. The van der Waals surface area contributed by atoms with Gasteiger partial charge in [-0.3, -0.25) is 14.5 Å². The monoisotopic (exact) mass is 379 g/mol. The van der Waals surface area contributed by atoms with Crippen LogP contribution in [0.2, 0.25) is 0 Å². The molecule has 1 unspecified atom stereocenters. The second kappa shape index (κ2) is 7.46. The minimum absolute atomic E-state index is 0.309. The fraction of sp³-hybridized carbons (Fsp3) is 0.318. The quantitative estimate of drug-likeness (QED) is 0.784. The third-order valence-electron chi connectivity index (χ3n) is 5.18. The summed E-state index contributed by atoms with van der Waals surface area (Å²) in [4.78, 5) is 38.6. The maximum Gasteiger partial charge on any atom is 0.325 e. The van der Waals surface area contributed by atoms with E-state index in [0.717, 1.165) is 27.2 Å². The topological polar surface area (TPSA) is 78.5 Å². The summed E-state index contributed by atoms with van der Waals surface area (Å²) in [6, 6.07) is 12.8. The first-order valence-corrected chi connectivity index (χ1v) is 9.25. The summed E-state index contributed by atoms with van der Waals surface area (Å²) in [6.07, 6.45) is 0. The average molecular weight is 379 g/mol. The molecule has 6 heteroatoms. The molecule has 1 saturated heterocycles. The zero-order chi connectivity index (χ0) is 20.5. The second-order valence-corrected chi connectivity index (χ2v) is 7.52. The molecule has 3 rings (SSSR count). The predicted octanol–water partition coefficient (Wildman–Crippen LogP) is 2.70. The second-order valence-electron chi connectivity index (χ2n) is 7.52. The Labute approximate surface area is 164 Å². The van der Waals surface area contributed by atoms with Gasteiger partial charge in [-0.15, -0.1) is 0 Å². The number of benzene rings is 2. The van der Waals surface area contributed by atoms with Crippen molar-refractivity contribution in [2.75, 3.05) is 6.54 Å². The molecule has 2 aromatic rings. The molecule has 1 aliphatic heterocycles. The molecule has 6 nitrogen and oxygen atoms in total. The van der Waals surface area contributed by atoms with E-state index >= 15 is 0 Å². The molecule has 1 fully saturated rings. The van der Waals surface area contributed by atoms with Crippen LogP contribution in [-0.4, -0.2) is 29.3 Å². The predicted molar refractivity (Wildman–Crippen MR) is 107 cm³/mol. The van der Waals surface area contributed by atoms with Crippen LogP contribution in [0.1, 0.15) is 34.7 Å². The van der Waals surface area contributed by atoms with Crippen molar-refractivity contribution in [2.24, 2.45) is 0 Å². The summed E-state index contributed by atoms with van der Waals surface area (Å²) in [6.45, 7) is 7.65. The molecule has 146 valence electrons. The van der Waals surface area contributed by atoms with Gasteiger partial charge >= 0.3 is 6.03 Å². The lowest BCUT2D eigenvalue weighted by Gasteiger charge is -2.22. The first-order valence-electron chi connectivity index (χ1n) is 9.25. The number of imide groups is 1. The standard InChI is InChI=1S/C22H25N3O3/c1-14-6-9-18(10-7-14)22(4)20(27)25(21(28)24-22)13-19(26)23-12-17-8-5-15(2)11-16(17)3/h5-11H,12-13H2,1-4H3,(H,23,26)(H,24,28). The summed E-state index contributed by atoms with van der Waals surface area (Å²) >= 11 is 0. The van der Waals surface area contributed by atoms with E-state index in [1.54, 1.807) is 6.92 Å². The van der Waals surface area contributed by atoms with Gasteiger partial charge in [0.05, 0.1) is 0 Å². The van der Waals surface area contributed by atoms with Gasteiger partial charge in [0.25, 0.3) is 5.91 Å². The number of carbonyl (C=O) groups excluding carboxylic acids is 3. The largest absolute Gasteiger partial charge is 0.350 e. The number of carbonyl (C=O) groups is 3. The zero-order valence-corrected chi connectivity index (χ0v) is 16.6. The minimum Gasteiger partial charge on any atom is -0.350 e. The molecule has 0 aromatic heterocycles. The Morgan fingerprint density at radius 3 is 2.32 bits per heavy atom. The highest BCUT2D eigenvalue weighted by molar-refractivity contribution is 6.09. The summed E-state index contributed by atoms with van der Waals surface area (Å²) in [5.74, 6) is -0.806. The van der Waals surface area contributed by atoms with E-state index < -0.39 is 17.5 Å². The molecule has 0 saturated carbocycles. The van der Waals surface area contributed by atoms with Crippen LogP contribution in [0.5, 0.6) is 0 Å². The van der Waals surface area contributed by atoms with Crippen molar-refractivity contribution < 1.29 is 14.4 Å². The normalized spacial score (nSPS) is 18.9. The molecule has 1 heterocycles. The minimum atomic E-state index is -1.17. The fourth-order valence-electron chi connectivity index (χ4n) is 3.36. The van der Waals surface area contributed by atoms with Crippen LogP contribution < -0.4 is 10.6 Å². The van der Waals surface area contributed by atoms with Crippen molar-refractivity contribution in [3.05, 3.63) is 70.3 Å². The molecule has 28 heavy (non-hydrogen) atoms. The van der Waals surface area contributed by atoms with E-state index in [0.29, 0.717) is 12.1 Å². The molecule has 2 aromatic carbocycles. The molecule has 1 aliphatic rings. The van der Waals surface area contributed by atoms with Crippen LogP contribution in [0.3, 0.4) is 0 Å². The van der Waals surface area contributed by atoms with Crippen LogP contribution in [0.15, 0.2) is 42.5 Å². The Morgan fingerprint density at radius 1 is 1.04 bits per heavy atom. The van der Waals surface area contributed by atoms with Crippen LogP contribution >= 0.6 is 0 Å². The van der Waals surface area contributed by atoms with E-state index in [1.807, 2.05) is 63.2 Å². The van der Waals surface area contributed by atoms with Crippen LogP contribution in [0.25, 0.3) is 0 Å². The lowest BCUT2D eigenvalue weighted by molar-refractivity contribution is -0.134. The van der Waals surface area contributed by atoms with Gasteiger partial charge in [-0.25, -0.2) is 4.79 Å². The number of hydrogen-bond acceptors (Lipinski definition) is 3. The number of urea groups is 1. The summed E-state index contributed by atoms with van der Waals surface area (Å²) < 4.78 is 0. The molecule has 2 N–H and O–H groups in total. The number of nitrogens with zero attached hydrogens (tertiary/aromatic N) is 1. The number of aryl methyl sites for hydroxylation is 3. The lowest BCUT2D eigenvalue weighted by atomic mass is 9.91. The Bertz CT molecular complexity index is 937. The highest BCUT2D eigenvalue weighted by Crippen LogP contribution is 2.28. The number of nitrogens with one attached hydrogen (secondary N) is 2. The van der Waals surface area contributed by atoms with Gasteiger partial charge in [0.2, 0.25) is 5.91 Å². The van der Waals surface area contributed by atoms with Gasteiger partial charge in [0.15, 0.2) is 0 Å². The van der Waals surface area contributed by atoms with Crippen molar-refractivity contribution in [2.45, 2.75) is 39.8 Å². The summed E-state index contributed by atoms with van der Waals surface area (Å²) in [5, 5.41) is 5.51. The van der Waals surface area contributed by atoms with Gasteiger partial charge in [-0.05, 0) is 44.4 Å². The number of rotatable bonds is 5. The number of hydrogen-bond donors (Lipinski definition) is 2. The van der Waals surface area contributed by atoms with E-state index in [-0.39, 0.29) is 12.5 Å². The maximum atomic E-state index is 12.9. The average Bonchev–Trinajstić information content (AvgIpc) is 2.85. The van der Waals surface area contributed by atoms with Crippen LogP contribution in [0, 0.1) is 20.8 Å². The van der Waals surface area contributed by atoms with Crippen molar-refractivity contribution in [1.29, 1.82) is 0 Å². The fourth-order valence-corrected chi connectivity index (χ4v) is 3.36. The Balaban J connectivity index is 1.66. The molecule has 0 spiro atoms. The molecule has 0 aliphatic carbocycles. The Morgan fingerprint density at radius 2 is 1.68 bits per heavy atom. The highest BCUT2D eigenvalue weighted by Gasteiger charge is 2.49. The Kier molecular flexibility index (Phi) is 5.23. The van der Waals surface area contributed by atoms with Crippen molar-refractivity contribution >= 4 is 17.8 Å². The van der Waals surface area contributed by atoms with Gasteiger partial charge < -0.3 is 10.6 Å². The third-order valence-corrected chi connectivity index (χ3v) is 5.18. The van der Waals surface area contributed by atoms with Crippen molar-refractivity contribution in [3.63, 3.8) is 0 Å². The van der Waals surface area contributed by atoms with Gasteiger partial charge in [0.1, 0.15) is 12.1 Å². The van der Waals surface area contributed by atoms with Crippen LogP contribution in [-0.2, 0) is 21.7 Å². The Hall–Kier alpha value is -3.15. The van der Waals surface area contributed by atoms with E-state index in [1.165, 1.54) is 0 Å². The molecule has 0 bridgehead atoms. The zero-order valence-electron chi connectivity index (χ0n) is 16.6.